The van der Waals surface area contributed by atoms with Gasteiger partial charge in [0.1, 0.15) is 0 Å². The predicted octanol–water partition coefficient (Wildman–Crippen LogP) is 5.96. The second-order valence-corrected chi connectivity index (χ2v) is 9.99. The molecule has 6 nitrogen and oxygen atoms in total. The summed E-state index contributed by atoms with van der Waals surface area (Å²) >= 11 is 5.36. The van der Waals surface area contributed by atoms with E-state index < -0.39 is 11.7 Å². The number of nitrogens with zero attached hydrogens (tertiary/aromatic N) is 3. The maximum atomic E-state index is 13.4. The Labute approximate surface area is 207 Å². The van der Waals surface area contributed by atoms with Crippen molar-refractivity contribution in [3.8, 4) is 11.3 Å². The Hall–Kier alpha value is -3.11. The minimum atomic E-state index is -4.47. The minimum Gasteiger partial charge on any atom is -0.349 e. The van der Waals surface area contributed by atoms with Gasteiger partial charge in [-0.2, -0.15) is 13.2 Å². The molecular formula is C25H27F3N6S. The van der Waals surface area contributed by atoms with Crippen LogP contribution in [0.1, 0.15) is 49.1 Å². The first-order chi connectivity index (χ1) is 16.4. The zero-order chi connectivity index (χ0) is 25.4. The summed E-state index contributed by atoms with van der Waals surface area (Å²) in [5, 5.41) is 6.21. The summed E-state index contributed by atoms with van der Waals surface area (Å²) in [6.07, 6.45) is 1.92. The van der Waals surface area contributed by atoms with Gasteiger partial charge in [0.15, 0.2) is 0 Å². The summed E-state index contributed by atoms with van der Waals surface area (Å²) in [5.41, 5.74) is 9.51. The van der Waals surface area contributed by atoms with E-state index in [1.54, 1.807) is 6.20 Å². The molecule has 3 aromatic rings. The number of nitrogens with two attached hydrogens (primary N) is 1. The van der Waals surface area contributed by atoms with E-state index in [0.29, 0.717) is 33.9 Å². The number of fused-ring (bicyclic) bond motifs is 3. The van der Waals surface area contributed by atoms with E-state index >= 15 is 0 Å². The van der Waals surface area contributed by atoms with E-state index in [1.165, 1.54) is 6.07 Å². The fourth-order valence-electron chi connectivity index (χ4n) is 3.93. The van der Waals surface area contributed by atoms with Crippen molar-refractivity contribution in [2.24, 2.45) is 5.73 Å². The second kappa shape index (κ2) is 9.50. The SMILES string of the molecule is Cc1ncc(CCCC(C)(C)N)cc1Nc1ncc2c(n1)-c1cc(C(F)(F)F)ccc1NC(=S)C2. The van der Waals surface area contributed by atoms with Crippen LogP contribution in [0.2, 0.25) is 0 Å². The molecule has 0 spiro atoms. The van der Waals surface area contributed by atoms with E-state index in [4.69, 9.17) is 18.0 Å². The van der Waals surface area contributed by atoms with Crippen LogP contribution in [-0.2, 0) is 19.0 Å². The third-order valence-electron chi connectivity index (χ3n) is 5.77. The summed E-state index contributed by atoms with van der Waals surface area (Å²) in [7, 11) is 0. The highest BCUT2D eigenvalue weighted by atomic mass is 32.1. The van der Waals surface area contributed by atoms with Crippen LogP contribution >= 0.6 is 12.2 Å². The number of nitrogens with one attached hydrogen (secondary N) is 2. The molecule has 1 aromatic carbocycles. The zero-order valence-corrected chi connectivity index (χ0v) is 20.6. The van der Waals surface area contributed by atoms with Crippen molar-refractivity contribution >= 4 is 34.5 Å². The lowest BCUT2D eigenvalue weighted by Gasteiger charge is -2.18. The molecule has 0 aliphatic carbocycles. The van der Waals surface area contributed by atoms with Gasteiger partial charge in [-0.15, -0.1) is 0 Å². The van der Waals surface area contributed by atoms with Crippen molar-refractivity contribution in [3.05, 3.63) is 59.0 Å². The Balaban J connectivity index is 1.66. The first-order valence-corrected chi connectivity index (χ1v) is 11.7. The topological polar surface area (TPSA) is 88.8 Å². The Kier molecular flexibility index (Phi) is 6.79. The molecule has 184 valence electrons. The van der Waals surface area contributed by atoms with Crippen molar-refractivity contribution in [2.75, 3.05) is 10.6 Å². The van der Waals surface area contributed by atoms with Gasteiger partial charge in [-0.05, 0) is 69.9 Å². The quantitative estimate of drug-likeness (QED) is 0.360. The third kappa shape index (κ3) is 6.12. The van der Waals surface area contributed by atoms with Crippen LogP contribution in [0, 0.1) is 6.92 Å². The molecule has 0 saturated carbocycles. The van der Waals surface area contributed by atoms with E-state index in [2.05, 4.69) is 25.6 Å². The van der Waals surface area contributed by atoms with Gasteiger partial charge in [0, 0.05) is 41.2 Å². The van der Waals surface area contributed by atoms with Gasteiger partial charge in [-0.1, -0.05) is 12.2 Å². The molecule has 2 aromatic heterocycles. The summed E-state index contributed by atoms with van der Waals surface area (Å²) in [6.45, 7) is 5.87. The second-order valence-electron chi connectivity index (χ2n) is 9.49. The molecule has 1 aliphatic heterocycles. The standard InChI is InChI=1S/C25H27F3N6S/c1-14-20(9-15(12-30-14)5-4-8-24(2,3)29)33-23-31-13-16-10-21(35)32-19-7-6-17(25(26,27)28)11-18(19)22(16)34-23/h6-7,9,11-13H,4-5,8,10,29H2,1-3H3,(H,32,35)(H,31,33,34). The molecule has 35 heavy (non-hydrogen) atoms. The van der Waals surface area contributed by atoms with Crippen LogP contribution in [0.3, 0.4) is 0 Å². The minimum absolute atomic E-state index is 0.228. The highest BCUT2D eigenvalue weighted by Gasteiger charge is 2.32. The lowest BCUT2D eigenvalue weighted by Crippen LogP contribution is -2.31. The van der Waals surface area contributed by atoms with Crippen LogP contribution in [0.25, 0.3) is 11.3 Å². The fraction of sp³-hybridized carbons (Fsp3) is 0.360. The number of benzene rings is 1. The molecule has 10 heteroatoms. The average Bonchev–Trinajstić information content (AvgIpc) is 2.89. The lowest BCUT2D eigenvalue weighted by molar-refractivity contribution is -0.137. The number of alkyl halides is 3. The van der Waals surface area contributed by atoms with Gasteiger partial charge in [-0.25, -0.2) is 9.97 Å². The molecule has 4 rings (SSSR count). The normalized spacial score (nSPS) is 13.5. The van der Waals surface area contributed by atoms with Crippen LogP contribution in [0.15, 0.2) is 36.7 Å². The molecule has 0 radical (unpaired) electrons. The number of hydrogen-bond acceptors (Lipinski definition) is 6. The maximum Gasteiger partial charge on any atom is 0.416 e. The summed E-state index contributed by atoms with van der Waals surface area (Å²) < 4.78 is 40.2. The van der Waals surface area contributed by atoms with Crippen molar-refractivity contribution in [1.82, 2.24) is 15.0 Å². The summed E-state index contributed by atoms with van der Waals surface area (Å²) in [6, 6.07) is 5.51. The Bertz CT molecular complexity index is 1270. The van der Waals surface area contributed by atoms with Crippen LogP contribution in [0.5, 0.6) is 0 Å². The van der Waals surface area contributed by atoms with Crippen molar-refractivity contribution in [3.63, 3.8) is 0 Å². The number of thiocarbonyl (C=S) groups is 1. The number of aryl methyl sites for hydroxylation is 2. The van der Waals surface area contributed by atoms with Crippen LogP contribution < -0.4 is 16.4 Å². The summed E-state index contributed by atoms with van der Waals surface area (Å²) in [4.78, 5) is 14.0. The molecule has 0 saturated heterocycles. The van der Waals surface area contributed by atoms with E-state index in [1.807, 2.05) is 33.0 Å². The van der Waals surface area contributed by atoms with Gasteiger partial charge in [0.25, 0.3) is 0 Å². The summed E-state index contributed by atoms with van der Waals surface area (Å²) in [5.74, 6) is 0.269. The first kappa shape index (κ1) is 25.0. The molecule has 0 fully saturated rings. The lowest BCUT2D eigenvalue weighted by atomic mass is 9.97. The molecule has 0 unspecified atom stereocenters. The number of anilines is 3. The van der Waals surface area contributed by atoms with Crippen molar-refractivity contribution < 1.29 is 13.2 Å². The van der Waals surface area contributed by atoms with E-state index in [0.717, 1.165) is 48.3 Å². The van der Waals surface area contributed by atoms with Crippen molar-refractivity contribution in [2.45, 2.75) is 58.2 Å². The Morgan fingerprint density at radius 2 is 1.91 bits per heavy atom. The van der Waals surface area contributed by atoms with Gasteiger partial charge >= 0.3 is 6.18 Å². The average molecular weight is 501 g/mol. The molecule has 0 atom stereocenters. The smallest absolute Gasteiger partial charge is 0.349 e. The molecule has 0 amide bonds. The maximum absolute atomic E-state index is 13.4. The Morgan fingerprint density at radius 3 is 2.63 bits per heavy atom. The number of halogens is 3. The van der Waals surface area contributed by atoms with Gasteiger partial charge in [-0.3, -0.25) is 4.98 Å². The number of rotatable bonds is 6. The Morgan fingerprint density at radius 1 is 1.14 bits per heavy atom. The first-order valence-electron chi connectivity index (χ1n) is 11.3. The monoisotopic (exact) mass is 500 g/mol. The van der Waals surface area contributed by atoms with Gasteiger partial charge < -0.3 is 16.4 Å². The molecule has 3 heterocycles. The molecule has 1 aliphatic rings. The number of aromatic nitrogens is 3. The largest absolute Gasteiger partial charge is 0.416 e. The van der Waals surface area contributed by atoms with Gasteiger partial charge in [0.2, 0.25) is 5.95 Å². The zero-order valence-electron chi connectivity index (χ0n) is 19.8. The predicted molar refractivity (Wildman–Crippen MR) is 136 cm³/mol. The highest BCUT2D eigenvalue weighted by Crippen LogP contribution is 2.38. The highest BCUT2D eigenvalue weighted by molar-refractivity contribution is 7.80. The van der Waals surface area contributed by atoms with Gasteiger partial charge in [0.05, 0.1) is 27.6 Å². The van der Waals surface area contributed by atoms with Crippen LogP contribution in [0.4, 0.5) is 30.5 Å². The fourth-order valence-corrected chi connectivity index (χ4v) is 4.20. The molecular weight excluding hydrogens is 473 g/mol. The third-order valence-corrected chi connectivity index (χ3v) is 6.01. The molecule has 0 bridgehead atoms. The van der Waals surface area contributed by atoms with Crippen LogP contribution in [-0.4, -0.2) is 25.5 Å². The molecule has 4 N–H and O–H groups in total. The van der Waals surface area contributed by atoms with E-state index in [9.17, 15) is 13.2 Å². The van der Waals surface area contributed by atoms with Crippen molar-refractivity contribution in [1.29, 1.82) is 0 Å². The number of hydrogen-bond donors (Lipinski definition) is 3. The van der Waals surface area contributed by atoms with E-state index in [-0.39, 0.29) is 11.5 Å². The number of pyridine rings is 1.